The highest BCUT2D eigenvalue weighted by molar-refractivity contribution is 5.85. The van der Waals surface area contributed by atoms with Crippen molar-refractivity contribution in [2.75, 3.05) is 11.6 Å². The maximum Gasteiger partial charge on any atom is 0.336 e. The Balaban J connectivity index is 1.86. The van der Waals surface area contributed by atoms with E-state index < -0.39 is 0 Å². The van der Waals surface area contributed by atoms with E-state index in [1.165, 1.54) is 0 Å². The third-order valence-corrected chi connectivity index (χ3v) is 4.10. The zero-order chi connectivity index (χ0) is 16.0. The van der Waals surface area contributed by atoms with Crippen LogP contribution in [-0.2, 0) is 13.0 Å². The van der Waals surface area contributed by atoms with Crippen LogP contribution in [0.2, 0.25) is 0 Å². The molecule has 6 nitrogen and oxygen atoms in total. The number of anilines is 1. The highest BCUT2D eigenvalue weighted by atomic mass is 16.5. The minimum Gasteiger partial charge on any atom is -0.473 e. The van der Waals surface area contributed by atoms with Gasteiger partial charge in [-0.3, -0.25) is 0 Å². The van der Waals surface area contributed by atoms with E-state index in [4.69, 9.17) is 13.7 Å². The smallest absolute Gasteiger partial charge is 0.336 e. The normalized spacial score (nSPS) is 13.9. The van der Waals surface area contributed by atoms with Gasteiger partial charge in [-0.2, -0.15) is 0 Å². The molecule has 3 heterocycles. The van der Waals surface area contributed by atoms with Gasteiger partial charge in [-0.1, -0.05) is 12.1 Å². The van der Waals surface area contributed by atoms with Crippen molar-refractivity contribution in [3.63, 3.8) is 0 Å². The van der Waals surface area contributed by atoms with Gasteiger partial charge in [-0.05, 0) is 31.0 Å². The first-order chi connectivity index (χ1) is 11.2. The molecular weight excluding hydrogens is 296 g/mol. The molecule has 0 aliphatic carbocycles. The topological polar surface area (TPSA) is 68.7 Å². The molecule has 0 atom stereocenters. The highest BCUT2D eigenvalue weighted by Gasteiger charge is 2.24. The largest absolute Gasteiger partial charge is 0.473 e. The minimum absolute atomic E-state index is 0.336. The monoisotopic (exact) mass is 312 g/mol. The van der Waals surface area contributed by atoms with Gasteiger partial charge >= 0.3 is 5.63 Å². The zero-order valence-corrected chi connectivity index (χ0v) is 13.0. The number of ether oxygens (including phenoxy) is 1. The quantitative estimate of drug-likeness (QED) is 0.678. The highest BCUT2D eigenvalue weighted by Crippen LogP contribution is 2.34. The molecule has 0 saturated heterocycles. The summed E-state index contributed by atoms with van der Waals surface area (Å²) in [5, 5.41) is 4.97. The third-order valence-electron chi connectivity index (χ3n) is 4.10. The fourth-order valence-corrected chi connectivity index (χ4v) is 2.94. The summed E-state index contributed by atoms with van der Waals surface area (Å²) in [6.45, 7) is 4.79. The summed E-state index contributed by atoms with van der Waals surface area (Å²) < 4.78 is 16.4. The molecule has 4 rings (SSSR count). The second-order valence-corrected chi connectivity index (χ2v) is 5.63. The van der Waals surface area contributed by atoms with Crippen molar-refractivity contribution in [2.45, 2.75) is 26.8 Å². The number of aryl methyl sites for hydroxylation is 2. The summed E-state index contributed by atoms with van der Waals surface area (Å²) in [4.78, 5) is 13.8. The molecule has 0 fully saturated rings. The van der Waals surface area contributed by atoms with Gasteiger partial charge in [0.15, 0.2) is 12.5 Å². The van der Waals surface area contributed by atoms with Gasteiger partial charge in [-0.15, -0.1) is 0 Å². The molecule has 0 spiro atoms. The molecule has 1 aliphatic rings. The molecule has 1 aromatic carbocycles. The van der Waals surface area contributed by atoms with Crippen LogP contribution in [0.4, 0.5) is 5.82 Å². The predicted octanol–water partition coefficient (Wildman–Crippen LogP) is 3.01. The van der Waals surface area contributed by atoms with E-state index in [0.717, 1.165) is 34.4 Å². The second-order valence-electron chi connectivity index (χ2n) is 5.63. The van der Waals surface area contributed by atoms with Crippen molar-refractivity contribution in [3.05, 3.63) is 51.6 Å². The first kappa shape index (κ1) is 13.9. The van der Waals surface area contributed by atoms with Crippen molar-refractivity contribution in [2.24, 2.45) is 0 Å². The molecule has 0 amide bonds. The Morgan fingerprint density at radius 1 is 1.30 bits per heavy atom. The Morgan fingerprint density at radius 2 is 2.17 bits per heavy atom. The van der Waals surface area contributed by atoms with Crippen molar-refractivity contribution < 1.29 is 13.7 Å². The molecule has 0 unspecified atom stereocenters. The molecule has 23 heavy (non-hydrogen) atoms. The maximum absolute atomic E-state index is 11.9. The average Bonchev–Trinajstić information content (AvgIpc) is 3.00. The molecule has 0 N–H and O–H groups in total. The molecule has 0 radical (unpaired) electrons. The third kappa shape index (κ3) is 2.27. The lowest BCUT2D eigenvalue weighted by molar-refractivity contribution is 0.284. The number of rotatable bonds is 2. The second kappa shape index (κ2) is 5.15. The van der Waals surface area contributed by atoms with E-state index >= 15 is 0 Å². The van der Waals surface area contributed by atoms with Gasteiger partial charge in [0.05, 0.1) is 12.1 Å². The molecule has 6 heteroatoms. The first-order valence-corrected chi connectivity index (χ1v) is 7.55. The van der Waals surface area contributed by atoms with Crippen LogP contribution < -0.4 is 15.3 Å². The van der Waals surface area contributed by atoms with Crippen LogP contribution in [0.25, 0.3) is 11.0 Å². The van der Waals surface area contributed by atoms with Gasteiger partial charge in [-0.25, -0.2) is 4.79 Å². The lowest BCUT2D eigenvalue weighted by Crippen LogP contribution is -2.32. The fraction of sp³-hybridized carbons (Fsp3) is 0.294. The van der Waals surface area contributed by atoms with Crippen LogP contribution in [0.3, 0.4) is 0 Å². The van der Waals surface area contributed by atoms with Crippen LogP contribution in [0.1, 0.15) is 23.8 Å². The Labute approximate surface area is 132 Å². The lowest BCUT2D eigenvalue weighted by Gasteiger charge is -2.29. The van der Waals surface area contributed by atoms with Gasteiger partial charge in [0.1, 0.15) is 17.1 Å². The van der Waals surface area contributed by atoms with Crippen LogP contribution >= 0.6 is 0 Å². The summed E-state index contributed by atoms with van der Waals surface area (Å²) in [5.41, 5.74) is 2.10. The Morgan fingerprint density at radius 3 is 2.91 bits per heavy atom. The predicted molar refractivity (Wildman–Crippen MR) is 84.8 cm³/mol. The number of nitrogens with zero attached hydrogens (tertiary/aromatic N) is 2. The van der Waals surface area contributed by atoms with Crippen LogP contribution in [0, 0.1) is 6.92 Å². The van der Waals surface area contributed by atoms with Gasteiger partial charge in [0.2, 0.25) is 0 Å². The van der Waals surface area contributed by atoms with E-state index in [2.05, 4.69) is 5.16 Å². The number of aromatic nitrogens is 1. The average molecular weight is 312 g/mol. The van der Waals surface area contributed by atoms with Crippen molar-refractivity contribution in [3.8, 4) is 5.75 Å². The Hall–Kier alpha value is -2.76. The molecule has 3 aromatic rings. The minimum atomic E-state index is -0.336. The van der Waals surface area contributed by atoms with E-state index in [9.17, 15) is 4.79 Å². The molecular formula is C17H16N2O4. The van der Waals surface area contributed by atoms with Crippen molar-refractivity contribution in [1.29, 1.82) is 0 Å². The molecule has 2 aromatic heterocycles. The van der Waals surface area contributed by atoms with Crippen LogP contribution in [-0.4, -0.2) is 11.9 Å². The van der Waals surface area contributed by atoms with Gasteiger partial charge < -0.3 is 18.6 Å². The standard InChI is InChI=1S/C17H16N2O4/c1-3-11-7-16(20)22-17-12(11)4-5-14-13(17)8-19(9-21-14)15-6-10(2)23-18-15/h4-7H,3,8-9H2,1-2H3. The van der Waals surface area contributed by atoms with Crippen LogP contribution in [0.15, 0.2) is 38.0 Å². The number of hydrogen-bond acceptors (Lipinski definition) is 6. The van der Waals surface area contributed by atoms with E-state index in [0.29, 0.717) is 24.7 Å². The summed E-state index contributed by atoms with van der Waals surface area (Å²) in [6, 6.07) is 7.29. The maximum atomic E-state index is 11.9. The Kier molecular flexibility index (Phi) is 3.11. The SMILES string of the molecule is CCc1cc(=O)oc2c3c(ccc12)OCN(c1cc(C)on1)C3. The van der Waals surface area contributed by atoms with Crippen LogP contribution in [0.5, 0.6) is 5.75 Å². The van der Waals surface area contributed by atoms with E-state index in [-0.39, 0.29) is 5.63 Å². The number of fused-ring (bicyclic) bond motifs is 3. The fourth-order valence-electron chi connectivity index (χ4n) is 2.94. The van der Waals surface area contributed by atoms with Gasteiger partial charge in [0.25, 0.3) is 0 Å². The number of benzene rings is 1. The summed E-state index contributed by atoms with van der Waals surface area (Å²) >= 11 is 0. The molecule has 118 valence electrons. The van der Waals surface area contributed by atoms with Crippen molar-refractivity contribution >= 4 is 16.8 Å². The number of hydrogen-bond donors (Lipinski definition) is 0. The molecule has 0 bridgehead atoms. The summed E-state index contributed by atoms with van der Waals surface area (Å²) in [7, 11) is 0. The zero-order valence-electron chi connectivity index (χ0n) is 13.0. The molecule has 0 saturated carbocycles. The van der Waals surface area contributed by atoms with Gasteiger partial charge in [0, 0.05) is 17.5 Å². The lowest BCUT2D eigenvalue weighted by atomic mass is 10.0. The Bertz CT molecular complexity index is 941. The van der Waals surface area contributed by atoms with E-state index in [1.807, 2.05) is 36.9 Å². The first-order valence-electron chi connectivity index (χ1n) is 7.55. The summed E-state index contributed by atoms with van der Waals surface area (Å²) in [5.74, 6) is 2.19. The van der Waals surface area contributed by atoms with Crippen molar-refractivity contribution in [1.82, 2.24) is 5.16 Å². The summed E-state index contributed by atoms with van der Waals surface area (Å²) in [6.07, 6.45) is 0.772. The van der Waals surface area contributed by atoms with E-state index in [1.54, 1.807) is 6.07 Å². The molecule has 1 aliphatic heterocycles.